The standard InChI is InChI=1S/C21H34Si2/c1-8-13-18-19(14-9-2)23(6,7)21(18)20(22(3,4)5)17-15-11-10-12-16-17/h10-12,15-16H,8-9,13-14H2,1-7H3/b21-20-. The zero-order chi connectivity index (χ0) is 17.3. The van der Waals surface area contributed by atoms with E-state index in [4.69, 9.17) is 0 Å². The molecule has 0 bridgehead atoms. The first kappa shape index (κ1) is 18.5. The lowest BCUT2D eigenvalue weighted by Gasteiger charge is -2.47. The maximum absolute atomic E-state index is 2.59. The van der Waals surface area contributed by atoms with E-state index in [1.165, 1.54) is 31.2 Å². The monoisotopic (exact) mass is 342 g/mol. The fourth-order valence-corrected chi connectivity index (χ4v) is 12.0. The Kier molecular flexibility index (Phi) is 5.57. The highest BCUT2D eigenvalue weighted by atomic mass is 28.3. The van der Waals surface area contributed by atoms with Gasteiger partial charge in [0.1, 0.15) is 8.07 Å². The summed E-state index contributed by atoms with van der Waals surface area (Å²) in [7, 11) is -2.78. The first-order valence-corrected chi connectivity index (χ1v) is 15.8. The highest BCUT2D eigenvalue weighted by Crippen LogP contribution is 2.51. The third kappa shape index (κ3) is 3.48. The minimum absolute atomic E-state index is 1.27. The molecule has 23 heavy (non-hydrogen) atoms. The van der Waals surface area contributed by atoms with Gasteiger partial charge in [0.15, 0.2) is 0 Å². The summed E-state index contributed by atoms with van der Waals surface area (Å²) in [6.07, 6.45) is 5.16. The molecular weight excluding hydrogens is 308 g/mol. The molecule has 0 spiro atoms. The topological polar surface area (TPSA) is 0 Å². The fraction of sp³-hybridized carbons (Fsp3) is 0.524. The van der Waals surface area contributed by atoms with E-state index in [1.54, 1.807) is 10.8 Å². The molecule has 1 heterocycles. The summed E-state index contributed by atoms with van der Waals surface area (Å²) in [6.45, 7) is 17.4. The van der Waals surface area contributed by atoms with E-state index in [9.17, 15) is 0 Å². The highest BCUT2D eigenvalue weighted by Gasteiger charge is 2.46. The third-order valence-corrected chi connectivity index (χ3v) is 11.3. The number of allylic oxidation sites excluding steroid dienone is 3. The molecule has 0 radical (unpaired) electrons. The number of hydrogen-bond donors (Lipinski definition) is 0. The lowest BCUT2D eigenvalue weighted by molar-refractivity contribution is 0.856. The smallest absolute Gasteiger partial charge is 0.0730 e. The van der Waals surface area contributed by atoms with Gasteiger partial charge in [0, 0.05) is 0 Å². The van der Waals surface area contributed by atoms with Gasteiger partial charge in [-0.2, -0.15) is 0 Å². The van der Waals surface area contributed by atoms with Gasteiger partial charge in [0.25, 0.3) is 0 Å². The molecule has 0 unspecified atom stereocenters. The first-order valence-electron chi connectivity index (χ1n) is 9.28. The quantitative estimate of drug-likeness (QED) is 0.487. The average Bonchev–Trinajstić information content (AvgIpc) is 2.48. The Morgan fingerprint density at radius 2 is 1.48 bits per heavy atom. The van der Waals surface area contributed by atoms with Crippen LogP contribution in [0, 0.1) is 0 Å². The van der Waals surface area contributed by atoms with E-state index in [0.29, 0.717) is 0 Å². The van der Waals surface area contributed by atoms with Crippen LogP contribution < -0.4 is 0 Å². The molecule has 1 aliphatic heterocycles. The van der Waals surface area contributed by atoms with Crippen molar-refractivity contribution in [2.45, 2.75) is 72.3 Å². The van der Waals surface area contributed by atoms with Crippen LogP contribution in [0.25, 0.3) is 5.20 Å². The van der Waals surface area contributed by atoms with Crippen LogP contribution in [0.2, 0.25) is 32.7 Å². The molecule has 126 valence electrons. The molecule has 0 amide bonds. The van der Waals surface area contributed by atoms with Crippen LogP contribution in [0.4, 0.5) is 0 Å². The summed E-state index contributed by atoms with van der Waals surface area (Å²) in [5, 5.41) is 5.44. The molecule has 1 aliphatic rings. The van der Waals surface area contributed by atoms with Crippen molar-refractivity contribution in [1.82, 2.24) is 0 Å². The Morgan fingerprint density at radius 1 is 0.913 bits per heavy atom. The summed E-state index contributed by atoms with van der Waals surface area (Å²) in [6, 6.07) is 11.2. The van der Waals surface area contributed by atoms with Crippen molar-refractivity contribution in [3.05, 3.63) is 51.9 Å². The van der Waals surface area contributed by atoms with E-state index >= 15 is 0 Å². The summed E-state index contributed by atoms with van der Waals surface area (Å²) < 4.78 is 0. The molecule has 0 saturated carbocycles. The zero-order valence-corrected chi connectivity index (χ0v) is 18.2. The van der Waals surface area contributed by atoms with Crippen LogP contribution in [-0.2, 0) is 0 Å². The molecule has 0 atom stereocenters. The van der Waals surface area contributed by atoms with Gasteiger partial charge < -0.3 is 0 Å². The predicted molar refractivity (Wildman–Crippen MR) is 111 cm³/mol. The lowest BCUT2D eigenvalue weighted by Crippen LogP contribution is -2.46. The predicted octanol–water partition coefficient (Wildman–Crippen LogP) is 7.01. The van der Waals surface area contributed by atoms with Crippen molar-refractivity contribution in [2.75, 3.05) is 0 Å². The van der Waals surface area contributed by atoms with Gasteiger partial charge >= 0.3 is 0 Å². The Balaban J connectivity index is 2.72. The van der Waals surface area contributed by atoms with Gasteiger partial charge in [0.05, 0.1) is 8.07 Å². The van der Waals surface area contributed by atoms with Crippen molar-refractivity contribution in [3.63, 3.8) is 0 Å². The molecule has 0 fully saturated rings. The normalized spacial score (nSPS) is 19.6. The van der Waals surface area contributed by atoms with Gasteiger partial charge in [-0.15, -0.1) is 0 Å². The molecule has 0 aromatic heterocycles. The molecule has 0 nitrogen and oxygen atoms in total. The second kappa shape index (κ2) is 6.94. The van der Waals surface area contributed by atoms with Crippen molar-refractivity contribution >= 4 is 21.3 Å². The van der Waals surface area contributed by atoms with Crippen LogP contribution in [0.1, 0.15) is 45.1 Å². The van der Waals surface area contributed by atoms with Crippen LogP contribution in [-0.4, -0.2) is 16.1 Å². The SMILES string of the molecule is CCCC1=C(CCC)[Si](C)(C)/C1=C(/c1ccccc1)[Si](C)(C)C. The number of hydrogen-bond acceptors (Lipinski definition) is 0. The fourth-order valence-electron chi connectivity index (χ4n) is 4.25. The third-order valence-electron chi connectivity index (χ3n) is 5.11. The average molecular weight is 343 g/mol. The molecule has 0 aliphatic carbocycles. The lowest BCUT2D eigenvalue weighted by atomic mass is 10.0. The largest absolute Gasteiger partial charge is 0.108 e. The second-order valence-corrected chi connectivity index (χ2v) is 17.8. The van der Waals surface area contributed by atoms with Crippen LogP contribution >= 0.6 is 0 Å². The number of rotatable bonds is 6. The minimum Gasteiger partial charge on any atom is -0.0730 e. The van der Waals surface area contributed by atoms with Crippen molar-refractivity contribution < 1.29 is 0 Å². The van der Waals surface area contributed by atoms with Crippen molar-refractivity contribution in [1.29, 1.82) is 0 Å². The summed E-state index contributed by atoms with van der Waals surface area (Å²) >= 11 is 0. The van der Waals surface area contributed by atoms with Gasteiger partial charge in [-0.25, -0.2) is 0 Å². The second-order valence-electron chi connectivity index (χ2n) is 8.45. The van der Waals surface area contributed by atoms with Crippen LogP contribution in [0.5, 0.6) is 0 Å². The van der Waals surface area contributed by atoms with Crippen LogP contribution in [0.3, 0.4) is 0 Å². The maximum Gasteiger partial charge on any atom is 0.108 e. The molecule has 2 rings (SSSR count). The van der Waals surface area contributed by atoms with Gasteiger partial charge in [-0.05, 0) is 18.4 Å². The maximum atomic E-state index is 2.59. The molecule has 1 aromatic rings. The van der Waals surface area contributed by atoms with Crippen molar-refractivity contribution in [2.24, 2.45) is 0 Å². The summed E-state index contributed by atoms with van der Waals surface area (Å²) in [5.41, 5.74) is 3.25. The molecule has 1 aromatic carbocycles. The first-order chi connectivity index (χ1) is 10.7. The Labute approximate surface area is 145 Å². The van der Waals surface area contributed by atoms with Gasteiger partial charge in [-0.1, -0.05) is 111 Å². The number of benzene rings is 1. The highest BCUT2D eigenvalue weighted by molar-refractivity contribution is 7.02. The molecule has 0 saturated heterocycles. The van der Waals surface area contributed by atoms with E-state index in [0.717, 1.165) is 0 Å². The van der Waals surface area contributed by atoms with E-state index in [2.05, 4.69) is 76.9 Å². The van der Waals surface area contributed by atoms with Crippen molar-refractivity contribution in [3.8, 4) is 0 Å². The van der Waals surface area contributed by atoms with Gasteiger partial charge in [0.2, 0.25) is 0 Å². The minimum atomic E-state index is -1.39. The summed E-state index contributed by atoms with van der Waals surface area (Å²) in [4.78, 5) is 0. The van der Waals surface area contributed by atoms with Gasteiger partial charge in [-0.3, -0.25) is 0 Å². The van der Waals surface area contributed by atoms with E-state index in [1.807, 2.05) is 10.4 Å². The van der Waals surface area contributed by atoms with E-state index in [-0.39, 0.29) is 0 Å². The Hall–Kier alpha value is -0.866. The molecule has 0 N–H and O–H groups in total. The zero-order valence-electron chi connectivity index (χ0n) is 16.2. The molecular formula is C21H34Si2. The Morgan fingerprint density at radius 3 is 1.96 bits per heavy atom. The molecule has 2 heteroatoms. The Bertz CT molecular complexity index is 613. The summed E-state index contributed by atoms with van der Waals surface area (Å²) in [5.74, 6) is 0. The van der Waals surface area contributed by atoms with Crippen LogP contribution in [0.15, 0.2) is 46.3 Å². The van der Waals surface area contributed by atoms with E-state index < -0.39 is 16.1 Å².